The van der Waals surface area contributed by atoms with Crippen molar-refractivity contribution in [1.29, 1.82) is 0 Å². The summed E-state index contributed by atoms with van der Waals surface area (Å²) in [5, 5.41) is 11.5. The molecule has 4 aliphatic heterocycles. The number of aryl methyl sites for hydroxylation is 2. The number of esters is 2. The van der Waals surface area contributed by atoms with E-state index in [9.17, 15) is 28.8 Å². The maximum absolute atomic E-state index is 13.6. The Balaban J connectivity index is 0.000000175. The number of fused-ring (bicyclic) bond motifs is 8. The number of methoxy groups -OCH3 is 4. The first-order chi connectivity index (χ1) is 29.3. The molecular weight excluding hydrogens is 785 g/mol. The molecule has 3 amide bonds. The average molecular weight is 835 g/mol. The molecule has 8 rings (SSSR count). The molecule has 4 aliphatic rings. The summed E-state index contributed by atoms with van der Waals surface area (Å²) in [7, 11) is 5.72. The van der Waals surface area contributed by atoms with Gasteiger partial charge in [0.15, 0.2) is 0 Å². The molecule has 4 heterocycles. The van der Waals surface area contributed by atoms with Crippen molar-refractivity contribution in [3.8, 4) is 11.5 Å². The van der Waals surface area contributed by atoms with E-state index < -0.39 is 17.9 Å². The fourth-order valence-corrected chi connectivity index (χ4v) is 8.09. The molecule has 15 heteroatoms. The Morgan fingerprint density at radius 3 is 1.74 bits per heavy atom. The van der Waals surface area contributed by atoms with Crippen LogP contribution in [0.5, 0.6) is 11.5 Å². The number of benzene rings is 4. The number of hydrogen-bond donors (Lipinski definition) is 2. The van der Waals surface area contributed by atoms with Crippen molar-refractivity contribution in [2.75, 3.05) is 61.5 Å². The average Bonchev–Trinajstić information content (AvgIpc) is 3.76. The number of carboxylic acids is 1. The third-order valence-corrected chi connectivity index (χ3v) is 11.1. The fraction of sp³-hybridized carbons (Fsp3) is 0.348. The topological polar surface area (TPSA) is 181 Å². The number of hydrogen-bond acceptors (Lipinski definition) is 11. The highest BCUT2D eigenvalue weighted by Crippen LogP contribution is 2.41. The zero-order valence-corrected chi connectivity index (χ0v) is 35.1. The minimum atomic E-state index is -0.986. The minimum absolute atomic E-state index is 0.00113. The number of carboxylic acid groups (broad SMARTS) is 1. The molecular formula is C46H50N4O11. The summed E-state index contributed by atoms with van der Waals surface area (Å²) in [4.78, 5) is 76.8. The predicted molar refractivity (Wildman–Crippen MR) is 228 cm³/mol. The molecule has 0 fully saturated rings. The molecule has 0 spiro atoms. The molecule has 0 saturated carbocycles. The van der Waals surface area contributed by atoms with E-state index in [1.807, 2.05) is 79.4 Å². The van der Waals surface area contributed by atoms with Gasteiger partial charge in [0.1, 0.15) is 11.5 Å². The molecule has 0 unspecified atom stereocenters. The van der Waals surface area contributed by atoms with Crippen molar-refractivity contribution in [3.63, 3.8) is 0 Å². The van der Waals surface area contributed by atoms with Gasteiger partial charge in [-0.05, 0) is 85.3 Å². The number of rotatable bonds is 8. The van der Waals surface area contributed by atoms with Crippen molar-refractivity contribution in [2.24, 2.45) is 0 Å². The Morgan fingerprint density at radius 2 is 1.16 bits per heavy atom. The van der Waals surface area contributed by atoms with Crippen LogP contribution < -0.4 is 29.5 Å². The molecule has 0 aromatic heterocycles. The number of aliphatic carboxylic acids is 1. The zero-order chi connectivity index (χ0) is 44.0. The number of carbonyl (C=O) groups is 6. The third kappa shape index (κ3) is 9.30. The quantitative estimate of drug-likeness (QED) is 0.201. The Kier molecular flexibility index (Phi) is 13.6. The lowest BCUT2D eigenvalue weighted by Gasteiger charge is -2.27. The molecule has 320 valence electrons. The van der Waals surface area contributed by atoms with Gasteiger partial charge in [0.2, 0.25) is 5.91 Å². The highest BCUT2D eigenvalue weighted by atomic mass is 16.5. The van der Waals surface area contributed by atoms with Gasteiger partial charge in [0.05, 0.1) is 76.6 Å². The van der Waals surface area contributed by atoms with Crippen LogP contribution in [-0.4, -0.2) is 94.3 Å². The minimum Gasteiger partial charge on any atom is -0.496 e. The van der Waals surface area contributed by atoms with E-state index in [2.05, 4.69) is 20.9 Å². The molecule has 2 N–H and O–H groups in total. The summed E-state index contributed by atoms with van der Waals surface area (Å²) < 4.78 is 19.7. The van der Waals surface area contributed by atoms with Crippen LogP contribution >= 0.6 is 0 Å². The van der Waals surface area contributed by atoms with E-state index >= 15 is 0 Å². The van der Waals surface area contributed by atoms with E-state index in [1.54, 1.807) is 30.1 Å². The Morgan fingerprint density at radius 1 is 0.656 bits per heavy atom. The lowest BCUT2D eigenvalue weighted by atomic mass is 10.0. The summed E-state index contributed by atoms with van der Waals surface area (Å²) in [6, 6.07) is 23.3. The second-order valence-electron chi connectivity index (χ2n) is 15.0. The van der Waals surface area contributed by atoms with Gasteiger partial charge in [0.25, 0.3) is 11.8 Å². The number of amides is 3. The molecule has 4 aromatic rings. The first kappa shape index (κ1) is 43.7. The van der Waals surface area contributed by atoms with E-state index in [1.165, 1.54) is 19.8 Å². The van der Waals surface area contributed by atoms with Crippen LogP contribution in [0.15, 0.2) is 72.8 Å². The number of nitrogens with one attached hydrogen (secondary N) is 1. The Bertz CT molecular complexity index is 2360. The first-order valence-electron chi connectivity index (χ1n) is 19.9. The van der Waals surface area contributed by atoms with Gasteiger partial charge in [-0.15, -0.1) is 0 Å². The summed E-state index contributed by atoms with van der Waals surface area (Å²) in [6.07, 6.45) is 1.38. The second-order valence-corrected chi connectivity index (χ2v) is 15.0. The predicted octanol–water partition coefficient (Wildman–Crippen LogP) is 5.90. The summed E-state index contributed by atoms with van der Waals surface area (Å²) in [5.41, 5.74) is 8.65. The van der Waals surface area contributed by atoms with E-state index in [0.717, 1.165) is 52.5 Å². The van der Waals surface area contributed by atoms with Crippen LogP contribution in [0.3, 0.4) is 0 Å². The van der Waals surface area contributed by atoms with Crippen LogP contribution in [0.1, 0.15) is 68.7 Å². The largest absolute Gasteiger partial charge is 0.496 e. The number of anilines is 4. The van der Waals surface area contributed by atoms with Crippen molar-refractivity contribution in [3.05, 3.63) is 106 Å². The van der Waals surface area contributed by atoms with Crippen LogP contribution in [0.4, 0.5) is 22.7 Å². The number of ether oxygens (including phenoxy) is 4. The van der Waals surface area contributed by atoms with Gasteiger partial charge in [-0.25, -0.2) is 0 Å². The standard InChI is InChI=1S/C23H24N2O5.C18H18N2O2.C5H8O4/c1-14-10-19-17(12-20(14)29-2)23(28)25-16(11-15-6-4-5-7-18(15)25)13-24(19)21(26)8-9-22(27)30-3;1-11-7-15-14(9-17(11)22-2)18(21)20-13(10-19-15)8-12-5-3-4-6-16(12)20;1-9-5(8)3-2-4(6)7/h4-7,10,12,16H,8-9,11,13H2,1-3H3;3-7,9,13,19H,8,10H2,1-2H3;2-3H2,1H3,(H,6,7)/t16-;13-;/m00./s1. The van der Waals surface area contributed by atoms with Gasteiger partial charge in [-0.3, -0.25) is 28.8 Å². The SMILES string of the molecule is COC(=O)CCC(=O)N1C[C@@H]2Cc3ccccc3N2C(=O)c2cc(OC)c(C)cc21.COC(=O)CCC(=O)O.COc1cc2c(cc1C)NC[C@@H]1Cc3ccccc3N1C2=O. The van der Waals surface area contributed by atoms with E-state index in [0.29, 0.717) is 35.5 Å². The molecule has 0 aliphatic carbocycles. The maximum atomic E-state index is 13.6. The molecule has 61 heavy (non-hydrogen) atoms. The lowest BCUT2D eigenvalue weighted by molar-refractivity contribution is -0.145. The lowest BCUT2D eigenvalue weighted by Crippen LogP contribution is -2.44. The van der Waals surface area contributed by atoms with Crippen molar-refractivity contribution in [2.45, 2.75) is 64.5 Å². The molecule has 15 nitrogen and oxygen atoms in total. The maximum Gasteiger partial charge on any atom is 0.306 e. The molecule has 2 atom stereocenters. The Hall–Kier alpha value is -6.90. The van der Waals surface area contributed by atoms with Crippen LogP contribution in [-0.2, 0) is 41.5 Å². The van der Waals surface area contributed by atoms with Crippen LogP contribution in [0.2, 0.25) is 0 Å². The van der Waals surface area contributed by atoms with Gasteiger partial charge in [-0.1, -0.05) is 36.4 Å². The van der Waals surface area contributed by atoms with E-state index in [4.69, 9.17) is 14.6 Å². The highest BCUT2D eigenvalue weighted by molar-refractivity contribution is 6.15. The number of carbonyl (C=O) groups excluding carboxylic acids is 5. The molecule has 0 saturated heterocycles. The van der Waals surface area contributed by atoms with Crippen LogP contribution in [0, 0.1) is 13.8 Å². The number of para-hydroxylation sites is 2. The molecule has 4 aromatic carbocycles. The fourth-order valence-electron chi connectivity index (χ4n) is 8.09. The van der Waals surface area contributed by atoms with E-state index in [-0.39, 0.29) is 55.5 Å². The van der Waals surface area contributed by atoms with Gasteiger partial charge < -0.3 is 44.1 Å². The first-order valence-corrected chi connectivity index (χ1v) is 19.9. The molecule has 0 bridgehead atoms. The van der Waals surface area contributed by atoms with Gasteiger partial charge in [-0.2, -0.15) is 0 Å². The summed E-state index contributed by atoms with van der Waals surface area (Å²) >= 11 is 0. The van der Waals surface area contributed by atoms with Crippen molar-refractivity contribution >= 4 is 58.4 Å². The Labute approximate surface area is 354 Å². The van der Waals surface area contributed by atoms with Gasteiger partial charge in [0, 0.05) is 36.6 Å². The zero-order valence-electron chi connectivity index (χ0n) is 35.1. The molecule has 0 radical (unpaired) electrons. The monoisotopic (exact) mass is 834 g/mol. The summed E-state index contributed by atoms with van der Waals surface area (Å²) in [6.45, 7) is 4.99. The van der Waals surface area contributed by atoms with Crippen LogP contribution in [0.25, 0.3) is 0 Å². The normalized spacial score (nSPS) is 16.5. The smallest absolute Gasteiger partial charge is 0.306 e. The number of nitrogens with zero attached hydrogens (tertiary/aromatic N) is 3. The van der Waals surface area contributed by atoms with Gasteiger partial charge >= 0.3 is 17.9 Å². The highest BCUT2D eigenvalue weighted by Gasteiger charge is 2.41. The van der Waals surface area contributed by atoms with Crippen molar-refractivity contribution in [1.82, 2.24) is 0 Å². The van der Waals surface area contributed by atoms with Crippen molar-refractivity contribution < 1.29 is 52.8 Å². The second kappa shape index (κ2) is 19.0. The third-order valence-electron chi connectivity index (χ3n) is 11.1. The summed E-state index contributed by atoms with van der Waals surface area (Å²) in [5.74, 6) is -0.880.